The molecule has 0 bridgehead atoms. The van der Waals surface area contributed by atoms with Crippen molar-refractivity contribution in [2.45, 2.75) is 52.7 Å². The van der Waals surface area contributed by atoms with Gasteiger partial charge in [-0.2, -0.15) is 0 Å². The molecule has 0 aromatic heterocycles. The van der Waals surface area contributed by atoms with Gasteiger partial charge in [0.05, 0.1) is 5.69 Å². The van der Waals surface area contributed by atoms with Gasteiger partial charge >= 0.3 is 12.1 Å². The van der Waals surface area contributed by atoms with Crippen molar-refractivity contribution in [2.24, 2.45) is 0 Å². The van der Waals surface area contributed by atoms with Gasteiger partial charge in [-0.25, -0.2) is 9.59 Å². The highest BCUT2D eigenvalue weighted by Crippen LogP contribution is 2.37. The number of rotatable bonds is 2. The molecule has 0 saturated heterocycles. The molecule has 0 saturated carbocycles. The largest absolute Gasteiger partial charge is 0.448 e. The molecule has 1 amide bonds. The van der Waals surface area contributed by atoms with Crippen LogP contribution >= 0.6 is 11.6 Å². The molecule has 1 aromatic carbocycles. The van der Waals surface area contributed by atoms with E-state index in [-0.39, 0.29) is 6.07 Å². The van der Waals surface area contributed by atoms with Crippen molar-refractivity contribution in [3.05, 3.63) is 28.8 Å². The number of anilines is 1. The van der Waals surface area contributed by atoms with E-state index < -0.39 is 23.7 Å². The van der Waals surface area contributed by atoms with Gasteiger partial charge in [0.15, 0.2) is 6.07 Å². The summed E-state index contributed by atoms with van der Waals surface area (Å²) in [5.41, 5.74) is 3.18. The van der Waals surface area contributed by atoms with E-state index in [9.17, 15) is 9.59 Å². The van der Waals surface area contributed by atoms with Crippen molar-refractivity contribution in [1.82, 2.24) is 0 Å². The Labute approximate surface area is 141 Å². The Morgan fingerprint density at radius 1 is 1.30 bits per heavy atom. The zero-order valence-corrected chi connectivity index (χ0v) is 14.9. The highest BCUT2D eigenvalue weighted by molar-refractivity contribution is 6.17. The van der Waals surface area contributed by atoms with Crippen LogP contribution in [0.3, 0.4) is 0 Å². The second-order valence-corrected chi connectivity index (χ2v) is 6.87. The molecular weight excluding hydrogens is 318 g/mol. The van der Waals surface area contributed by atoms with Crippen molar-refractivity contribution in [2.75, 3.05) is 11.0 Å². The number of halogens is 1. The number of carbonyl (C=O) groups excluding carboxylic acids is 2. The van der Waals surface area contributed by atoms with Crippen LogP contribution in [0.4, 0.5) is 10.5 Å². The highest BCUT2D eigenvalue weighted by atomic mass is 35.5. The normalized spacial score (nSPS) is 17.0. The highest BCUT2D eigenvalue weighted by Gasteiger charge is 2.42. The number of alkyl halides is 1. The number of esters is 1. The first kappa shape index (κ1) is 17.6. The SMILES string of the molecule is Cc1ccc2c(c1C)CC(C(=O)OCCl)N2C(=O)OC(C)(C)C. The maximum Gasteiger partial charge on any atom is 0.415 e. The molecule has 1 unspecified atom stereocenters. The lowest BCUT2D eigenvalue weighted by Gasteiger charge is -2.28. The number of aryl methyl sites for hydroxylation is 1. The second kappa shape index (κ2) is 6.40. The van der Waals surface area contributed by atoms with E-state index >= 15 is 0 Å². The average Bonchev–Trinajstić information content (AvgIpc) is 2.81. The molecule has 6 heteroatoms. The van der Waals surface area contributed by atoms with E-state index in [1.54, 1.807) is 20.8 Å². The summed E-state index contributed by atoms with van der Waals surface area (Å²) in [6, 6.07) is 2.78. The maximum absolute atomic E-state index is 12.6. The first-order valence-electron chi connectivity index (χ1n) is 7.49. The van der Waals surface area contributed by atoms with Gasteiger partial charge in [-0.05, 0) is 57.4 Å². The molecule has 0 spiro atoms. The van der Waals surface area contributed by atoms with Crippen LogP contribution in [0.15, 0.2) is 12.1 Å². The number of ether oxygens (including phenoxy) is 2. The molecule has 126 valence electrons. The Hall–Kier alpha value is -1.75. The van der Waals surface area contributed by atoms with E-state index in [1.165, 1.54) is 4.90 Å². The lowest BCUT2D eigenvalue weighted by Crippen LogP contribution is -2.46. The number of benzene rings is 1. The molecule has 1 aromatic rings. The third kappa shape index (κ3) is 3.61. The van der Waals surface area contributed by atoms with Gasteiger partial charge in [0.1, 0.15) is 11.6 Å². The van der Waals surface area contributed by atoms with Gasteiger partial charge in [-0.3, -0.25) is 4.90 Å². The van der Waals surface area contributed by atoms with E-state index in [4.69, 9.17) is 21.1 Å². The molecule has 1 heterocycles. The number of amides is 1. The van der Waals surface area contributed by atoms with E-state index in [1.807, 2.05) is 26.0 Å². The molecule has 1 aliphatic heterocycles. The lowest BCUT2D eigenvalue weighted by atomic mass is 10.00. The topological polar surface area (TPSA) is 55.8 Å². The molecule has 0 fully saturated rings. The maximum atomic E-state index is 12.6. The summed E-state index contributed by atoms with van der Waals surface area (Å²) in [6.45, 7) is 9.34. The molecule has 1 aliphatic rings. The van der Waals surface area contributed by atoms with Gasteiger partial charge in [0.25, 0.3) is 0 Å². The fourth-order valence-corrected chi connectivity index (χ4v) is 2.78. The average molecular weight is 340 g/mol. The summed E-state index contributed by atoms with van der Waals surface area (Å²) in [5.74, 6) is -0.529. The minimum absolute atomic E-state index is 0.244. The molecule has 23 heavy (non-hydrogen) atoms. The molecule has 1 atom stereocenters. The van der Waals surface area contributed by atoms with Crippen LogP contribution in [0.2, 0.25) is 0 Å². The molecule has 0 aliphatic carbocycles. The predicted molar refractivity (Wildman–Crippen MR) is 88.9 cm³/mol. The van der Waals surface area contributed by atoms with Crippen LogP contribution < -0.4 is 4.90 Å². The number of fused-ring (bicyclic) bond motifs is 1. The molecule has 5 nitrogen and oxygen atoms in total. The summed E-state index contributed by atoms with van der Waals surface area (Å²) in [4.78, 5) is 26.2. The quantitative estimate of drug-likeness (QED) is 0.609. The van der Waals surface area contributed by atoms with Crippen molar-refractivity contribution in [3.63, 3.8) is 0 Å². The lowest BCUT2D eigenvalue weighted by molar-refractivity contribution is -0.143. The monoisotopic (exact) mass is 339 g/mol. The first-order chi connectivity index (χ1) is 10.7. The minimum atomic E-state index is -0.751. The number of hydrogen-bond acceptors (Lipinski definition) is 4. The van der Waals surface area contributed by atoms with Crippen molar-refractivity contribution < 1.29 is 19.1 Å². The van der Waals surface area contributed by atoms with Gasteiger partial charge in [-0.15, -0.1) is 0 Å². The number of hydrogen-bond donors (Lipinski definition) is 0. The Kier molecular flexibility index (Phi) is 4.90. The Balaban J connectivity index is 2.43. The third-order valence-electron chi connectivity index (χ3n) is 3.87. The zero-order chi connectivity index (χ0) is 17.4. The molecular formula is C17H22ClNO4. The summed E-state index contributed by atoms with van der Waals surface area (Å²) >= 11 is 5.50. The summed E-state index contributed by atoms with van der Waals surface area (Å²) in [7, 11) is 0. The van der Waals surface area contributed by atoms with E-state index in [0.29, 0.717) is 12.1 Å². The van der Waals surface area contributed by atoms with Crippen LogP contribution in [-0.4, -0.2) is 29.8 Å². The summed E-state index contributed by atoms with van der Waals surface area (Å²) in [5, 5.41) is 0. The Morgan fingerprint density at radius 3 is 2.52 bits per heavy atom. The van der Waals surface area contributed by atoms with Gasteiger partial charge in [0.2, 0.25) is 0 Å². The predicted octanol–water partition coefficient (Wildman–Crippen LogP) is 3.71. The standard InChI is InChI=1S/C17H22ClNO4/c1-10-6-7-13-12(11(10)2)8-14(15(20)22-9-18)19(13)16(21)23-17(3,4)5/h6-7,14H,8-9H2,1-5H3. The number of carbonyl (C=O) groups is 2. The van der Waals surface area contributed by atoms with Gasteiger partial charge in [-0.1, -0.05) is 17.7 Å². The van der Waals surface area contributed by atoms with Crippen molar-refractivity contribution >= 4 is 29.4 Å². The zero-order valence-electron chi connectivity index (χ0n) is 14.1. The van der Waals surface area contributed by atoms with Crippen molar-refractivity contribution in [1.29, 1.82) is 0 Å². The summed E-state index contributed by atoms with van der Waals surface area (Å²) in [6.07, 6.45) is -0.159. The Bertz CT molecular complexity index is 636. The van der Waals surface area contributed by atoms with E-state index in [0.717, 1.165) is 16.7 Å². The smallest absolute Gasteiger partial charge is 0.415 e. The van der Waals surface area contributed by atoms with Crippen LogP contribution in [0, 0.1) is 13.8 Å². The van der Waals surface area contributed by atoms with Crippen molar-refractivity contribution in [3.8, 4) is 0 Å². The molecule has 0 radical (unpaired) electrons. The molecule has 2 rings (SSSR count). The Morgan fingerprint density at radius 2 is 1.96 bits per heavy atom. The number of nitrogens with zero attached hydrogens (tertiary/aromatic N) is 1. The van der Waals surface area contributed by atoms with E-state index in [2.05, 4.69) is 0 Å². The fraction of sp³-hybridized carbons (Fsp3) is 0.529. The summed E-state index contributed by atoms with van der Waals surface area (Å²) < 4.78 is 10.4. The molecule has 0 N–H and O–H groups in total. The van der Waals surface area contributed by atoms with Gasteiger partial charge < -0.3 is 9.47 Å². The minimum Gasteiger partial charge on any atom is -0.448 e. The fourth-order valence-electron chi connectivity index (χ4n) is 2.67. The van der Waals surface area contributed by atoms with Crippen LogP contribution in [0.1, 0.15) is 37.5 Å². The first-order valence-corrected chi connectivity index (χ1v) is 8.03. The van der Waals surface area contributed by atoms with Gasteiger partial charge in [0, 0.05) is 6.42 Å². The van der Waals surface area contributed by atoms with Crippen LogP contribution in [-0.2, 0) is 20.7 Å². The second-order valence-electron chi connectivity index (χ2n) is 6.65. The van der Waals surface area contributed by atoms with Crippen LogP contribution in [0.25, 0.3) is 0 Å². The third-order valence-corrected chi connectivity index (χ3v) is 3.98. The van der Waals surface area contributed by atoms with Crippen LogP contribution in [0.5, 0.6) is 0 Å².